The number of nitrogens with one attached hydrogen (secondary N) is 4. The standard InChI is InChI=1S/C20H28F3N5O4.C6H15N/c1-19(2,3)14(27-18(32)20(21,22)23)17(31)28-8-4-5-13(28)16(30)26-12(10-24)9-11-6-7-25-15(11)29;1-3-5-7-6-4-2/h11-14H,4-9H2,1-3H3,(H,25,29)(H,26,30)(H,27,32);7H,3-6H2,1-2H3/t11?,12-,13?,14+;/m0./s1. The average molecular weight is 561 g/mol. The third kappa shape index (κ3) is 11.0. The van der Waals surface area contributed by atoms with Crippen molar-refractivity contribution in [2.45, 2.75) is 97.4 Å². The lowest BCUT2D eigenvalue weighted by Crippen LogP contribution is -2.59. The van der Waals surface area contributed by atoms with E-state index in [1.165, 1.54) is 46.7 Å². The molecule has 0 aromatic rings. The van der Waals surface area contributed by atoms with E-state index in [1.54, 1.807) is 5.32 Å². The van der Waals surface area contributed by atoms with Gasteiger partial charge in [-0.3, -0.25) is 19.2 Å². The van der Waals surface area contributed by atoms with Gasteiger partial charge in [0.25, 0.3) is 0 Å². The molecule has 0 bridgehead atoms. The van der Waals surface area contributed by atoms with Crippen LogP contribution in [0.15, 0.2) is 0 Å². The number of amides is 4. The summed E-state index contributed by atoms with van der Waals surface area (Å²) in [5.74, 6) is -4.23. The molecular weight excluding hydrogens is 517 g/mol. The van der Waals surface area contributed by atoms with E-state index in [9.17, 15) is 37.6 Å². The first-order valence-electron chi connectivity index (χ1n) is 13.5. The summed E-state index contributed by atoms with van der Waals surface area (Å²) < 4.78 is 38.3. The van der Waals surface area contributed by atoms with E-state index in [-0.39, 0.29) is 25.3 Å². The van der Waals surface area contributed by atoms with E-state index >= 15 is 0 Å². The monoisotopic (exact) mass is 560 g/mol. The van der Waals surface area contributed by atoms with Crippen LogP contribution < -0.4 is 21.3 Å². The van der Waals surface area contributed by atoms with E-state index in [2.05, 4.69) is 29.8 Å². The molecule has 0 aromatic heterocycles. The molecule has 0 radical (unpaired) electrons. The molecule has 13 heteroatoms. The van der Waals surface area contributed by atoms with E-state index < -0.39 is 53.4 Å². The van der Waals surface area contributed by atoms with Crippen molar-refractivity contribution in [3.05, 3.63) is 0 Å². The van der Waals surface area contributed by atoms with Crippen LogP contribution in [0.2, 0.25) is 0 Å². The number of hydrogen-bond donors (Lipinski definition) is 4. The van der Waals surface area contributed by atoms with Gasteiger partial charge in [0.15, 0.2) is 0 Å². The van der Waals surface area contributed by atoms with Gasteiger partial charge in [-0.15, -0.1) is 0 Å². The number of carbonyl (C=O) groups is 4. The van der Waals surface area contributed by atoms with Crippen LogP contribution in [0.4, 0.5) is 13.2 Å². The fraction of sp³-hybridized carbons (Fsp3) is 0.808. The Morgan fingerprint density at radius 1 is 1.10 bits per heavy atom. The van der Waals surface area contributed by atoms with Crippen LogP contribution in [0.3, 0.4) is 0 Å². The summed E-state index contributed by atoms with van der Waals surface area (Å²) >= 11 is 0. The zero-order valence-corrected chi connectivity index (χ0v) is 23.5. The molecule has 2 aliphatic heterocycles. The molecule has 0 aromatic carbocycles. The van der Waals surface area contributed by atoms with Crippen molar-refractivity contribution < 1.29 is 32.3 Å². The number of nitrogens with zero attached hydrogens (tertiary/aromatic N) is 2. The number of nitriles is 1. The van der Waals surface area contributed by atoms with Crippen molar-refractivity contribution in [1.82, 2.24) is 26.2 Å². The highest BCUT2D eigenvalue weighted by Gasteiger charge is 2.46. The predicted octanol–water partition coefficient (Wildman–Crippen LogP) is 2.00. The Balaban J connectivity index is 0.000000956. The number of rotatable bonds is 10. The van der Waals surface area contributed by atoms with Gasteiger partial charge >= 0.3 is 12.1 Å². The van der Waals surface area contributed by atoms with Gasteiger partial charge in [0.05, 0.1) is 6.07 Å². The third-order valence-electron chi connectivity index (χ3n) is 6.49. The third-order valence-corrected chi connectivity index (χ3v) is 6.49. The molecule has 4 N–H and O–H groups in total. The molecule has 0 spiro atoms. The molecule has 0 aliphatic carbocycles. The molecule has 39 heavy (non-hydrogen) atoms. The Bertz CT molecular complexity index is 880. The maximum absolute atomic E-state index is 13.1. The molecule has 0 saturated carbocycles. The van der Waals surface area contributed by atoms with E-state index in [4.69, 9.17) is 0 Å². The Labute approximate surface area is 228 Å². The smallest absolute Gasteiger partial charge is 0.356 e. The fourth-order valence-electron chi connectivity index (χ4n) is 4.38. The quantitative estimate of drug-likeness (QED) is 0.301. The molecule has 2 aliphatic rings. The molecule has 2 saturated heterocycles. The molecule has 2 fully saturated rings. The second kappa shape index (κ2) is 15.6. The molecule has 2 unspecified atom stereocenters. The lowest BCUT2D eigenvalue weighted by Gasteiger charge is -2.35. The van der Waals surface area contributed by atoms with Crippen molar-refractivity contribution in [3.63, 3.8) is 0 Å². The van der Waals surface area contributed by atoms with Gasteiger partial charge in [-0.1, -0.05) is 34.6 Å². The topological polar surface area (TPSA) is 143 Å². The second-order valence-corrected chi connectivity index (χ2v) is 10.9. The highest BCUT2D eigenvalue weighted by molar-refractivity contribution is 5.94. The SMILES string of the molecule is CC(C)(C)[C@H](NC(=O)C(F)(F)F)C(=O)N1CCCC1C(=O)N[C@H](C#N)CC1CCNC1=O.CCCNCCC. The Morgan fingerprint density at radius 3 is 2.18 bits per heavy atom. The summed E-state index contributed by atoms with van der Waals surface area (Å²) in [4.78, 5) is 50.3. The van der Waals surface area contributed by atoms with Gasteiger partial charge in [-0.2, -0.15) is 18.4 Å². The van der Waals surface area contributed by atoms with E-state index in [1.807, 2.05) is 6.07 Å². The molecule has 2 rings (SSSR count). The van der Waals surface area contributed by atoms with Crippen molar-refractivity contribution in [1.29, 1.82) is 5.26 Å². The first-order chi connectivity index (χ1) is 18.2. The average Bonchev–Trinajstić information content (AvgIpc) is 3.50. The van der Waals surface area contributed by atoms with Gasteiger partial charge in [0.2, 0.25) is 17.7 Å². The Morgan fingerprint density at radius 2 is 1.72 bits per heavy atom. The summed E-state index contributed by atoms with van der Waals surface area (Å²) in [6.45, 7) is 11.9. The zero-order chi connectivity index (χ0) is 29.8. The number of carbonyl (C=O) groups excluding carboxylic acids is 4. The zero-order valence-electron chi connectivity index (χ0n) is 23.5. The minimum atomic E-state index is -5.15. The van der Waals surface area contributed by atoms with Crippen LogP contribution >= 0.6 is 0 Å². The molecule has 222 valence electrons. The summed E-state index contributed by atoms with van der Waals surface area (Å²) in [6.07, 6.45) is -1.27. The second-order valence-electron chi connectivity index (χ2n) is 10.9. The lowest BCUT2D eigenvalue weighted by atomic mass is 9.85. The maximum atomic E-state index is 13.1. The number of alkyl halides is 3. The molecular formula is C26H43F3N6O4. The molecule has 2 heterocycles. The number of likely N-dealkylation sites (tertiary alicyclic amines) is 1. The Hall–Kier alpha value is -2.88. The normalized spacial score (nSPS) is 20.7. The first kappa shape index (κ1) is 34.1. The lowest BCUT2D eigenvalue weighted by molar-refractivity contribution is -0.176. The van der Waals surface area contributed by atoms with Crippen molar-refractivity contribution in [2.24, 2.45) is 11.3 Å². The maximum Gasteiger partial charge on any atom is 0.471 e. The summed E-state index contributed by atoms with van der Waals surface area (Å²) in [7, 11) is 0. The van der Waals surface area contributed by atoms with Crippen LogP contribution in [0, 0.1) is 22.7 Å². The summed E-state index contributed by atoms with van der Waals surface area (Å²) in [6, 6.07) is -1.49. The minimum absolute atomic E-state index is 0.126. The van der Waals surface area contributed by atoms with Crippen molar-refractivity contribution in [2.75, 3.05) is 26.2 Å². The predicted molar refractivity (Wildman–Crippen MR) is 139 cm³/mol. The van der Waals surface area contributed by atoms with E-state index in [0.717, 1.165) is 4.90 Å². The highest BCUT2D eigenvalue weighted by atomic mass is 19.4. The van der Waals surface area contributed by atoms with Crippen LogP contribution in [0.5, 0.6) is 0 Å². The molecule has 4 atom stereocenters. The van der Waals surface area contributed by atoms with Crippen LogP contribution in [-0.2, 0) is 19.2 Å². The van der Waals surface area contributed by atoms with Gasteiger partial charge in [-0.05, 0) is 57.0 Å². The fourth-order valence-corrected chi connectivity index (χ4v) is 4.38. The number of halogens is 3. The van der Waals surface area contributed by atoms with Gasteiger partial charge in [0, 0.05) is 19.0 Å². The van der Waals surface area contributed by atoms with Gasteiger partial charge < -0.3 is 26.2 Å². The first-order valence-corrected chi connectivity index (χ1v) is 13.5. The highest BCUT2D eigenvalue weighted by Crippen LogP contribution is 2.27. The van der Waals surface area contributed by atoms with Gasteiger partial charge in [0.1, 0.15) is 18.1 Å². The molecule has 4 amide bonds. The van der Waals surface area contributed by atoms with Crippen molar-refractivity contribution in [3.8, 4) is 6.07 Å². The van der Waals surface area contributed by atoms with E-state index in [0.29, 0.717) is 19.4 Å². The summed E-state index contributed by atoms with van der Waals surface area (Å²) in [5, 5.41) is 19.6. The number of hydrogen-bond acceptors (Lipinski definition) is 6. The van der Waals surface area contributed by atoms with Crippen LogP contribution in [-0.4, -0.2) is 79.0 Å². The van der Waals surface area contributed by atoms with Crippen LogP contribution in [0.25, 0.3) is 0 Å². The van der Waals surface area contributed by atoms with Crippen LogP contribution in [0.1, 0.15) is 73.1 Å². The largest absolute Gasteiger partial charge is 0.471 e. The summed E-state index contributed by atoms with van der Waals surface area (Å²) in [5.41, 5.74) is -1.05. The van der Waals surface area contributed by atoms with Crippen molar-refractivity contribution >= 4 is 23.6 Å². The minimum Gasteiger partial charge on any atom is -0.356 e. The molecule has 10 nitrogen and oxygen atoms in total. The Kier molecular flexibility index (Phi) is 13.7. The van der Waals surface area contributed by atoms with Gasteiger partial charge in [-0.25, -0.2) is 0 Å².